The first-order chi connectivity index (χ1) is 14.6. The number of ether oxygens (including phenoxy) is 1. The molecule has 0 spiro atoms. The molecule has 162 valence electrons. The van der Waals surface area contributed by atoms with E-state index in [1.165, 1.54) is 18.2 Å². The minimum atomic E-state index is -0.957. The number of hydrogen-bond acceptors (Lipinski definition) is 8. The van der Waals surface area contributed by atoms with Gasteiger partial charge in [0.05, 0.1) is 20.6 Å². The lowest BCUT2D eigenvalue weighted by atomic mass is 10.2. The van der Waals surface area contributed by atoms with Gasteiger partial charge in [-0.1, -0.05) is 23.2 Å². The van der Waals surface area contributed by atoms with Crippen LogP contribution in [0.5, 0.6) is 0 Å². The number of nitrogens with one attached hydrogen (secondary N) is 2. The molecule has 0 saturated heterocycles. The maximum Gasteiger partial charge on any atom is 0.325 e. The molecule has 0 heterocycles. The third-order valence-electron chi connectivity index (χ3n) is 3.60. The maximum absolute atomic E-state index is 12.0. The van der Waals surface area contributed by atoms with E-state index in [4.69, 9.17) is 27.9 Å². The Balaban J connectivity index is 1.83. The van der Waals surface area contributed by atoms with Crippen molar-refractivity contribution in [3.05, 3.63) is 72.2 Å². The highest BCUT2D eigenvalue weighted by atomic mass is 35.5. The zero-order valence-corrected chi connectivity index (χ0v) is 16.8. The van der Waals surface area contributed by atoms with Crippen LogP contribution in [0, 0.1) is 20.2 Å². The van der Waals surface area contributed by atoms with E-state index in [2.05, 4.69) is 10.6 Å². The monoisotopic (exact) mass is 470 g/mol. The molecule has 2 rings (SSSR count). The molecule has 0 atom stereocenters. The molecule has 12 nitrogen and oxygen atoms in total. The first-order valence-electron chi connectivity index (χ1n) is 8.20. The average Bonchev–Trinajstić information content (AvgIpc) is 2.71. The van der Waals surface area contributed by atoms with Gasteiger partial charge in [-0.15, -0.1) is 0 Å². The summed E-state index contributed by atoms with van der Waals surface area (Å²) in [7, 11) is 0. The van der Waals surface area contributed by atoms with E-state index in [0.29, 0.717) is 0 Å². The topological polar surface area (TPSA) is 171 Å². The molecular weight excluding hydrogens is 459 g/mol. The predicted octanol–water partition coefficient (Wildman–Crippen LogP) is 2.72. The number of nitro benzene ring substituents is 2. The van der Waals surface area contributed by atoms with Crippen LogP contribution in [-0.2, 0) is 14.3 Å². The van der Waals surface area contributed by atoms with Crippen molar-refractivity contribution < 1.29 is 29.0 Å². The van der Waals surface area contributed by atoms with Crippen LogP contribution in [0.4, 0.5) is 17.1 Å². The second-order valence-corrected chi connectivity index (χ2v) is 6.55. The van der Waals surface area contributed by atoms with E-state index < -0.39 is 46.5 Å². The fourth-order valence-corrected chi connectivity index (χ4v) is 2.56. The van der Waals surface area contributed by atoms with Gasteiger partial charge in [0.15, 0.2) is 6.61 Å². The second-order valence-electron chi connectivity index (χ2n) is 5.74. The number of hydrogen-bond donors (Lipinski definition) is 2. The number of esters is 1. The molecule has 2 N–H and O–H groups in total. The summed E-state index contributed by atoms with van der Waals surface area (Å²) in [6.45, 7) is -1.32. The Morgan fingerprint density at radius 3 is 2.29 bits per heavy atom. The minimum absolute atomic E-state index is 0.0750. The Morgan fingerprint density at radius 1 is 0.968 bits per heavy atom. The van der Waals surface area contributed by atoms with Crippen LogP contribution >= 0.6 is 23.2 Å². The Morgan fingerprint density at radius 2 is 1.68 bits per heavy atom. The van der Waals surface area contributed by atoms with Gasteiger partial charge in [0, 0.05) is 23.8 Å². The molecule has 0 aromatic heterocycles. The number of non-ortho nitro benzene ring substituents is 1. The fourth-order valence-electron chi connectivity index (χ4n) is 2.15. The van der Waals surface area contributed by atoms with Gasteiger partial charge in [-0.3, -0.25) is 34.6 Å². The van der Waals surface area contributed by atoms with Crippen LogP contribution in [-0.4, -0.2) is 40.8 Å². The highest BCUT2D eigenvalue weighted by molar-refractivity contribution is 6.34. The lowest BCUT2D eigenvalue weighted by Gasteiger charge is -2.09. The van der Waals surface area contributed by atoms with Gasteiger partial charge >= 0.3 is 5.97 Å². The molecule has 2 aromatic carbocycles. The lowest BCUT2D eigenvalue weighted by Crippen LogP contribution is -2.32. The number of rotatable bonds is 8. The number of anilines is 1. The Hall–Kier alpha value is -3.77. The molecule has 0 aliphatic carbocycles. The Labute approximate surface area is 183 Å². The quantitative estimate of drug-likeness (QED) is 0.336. The summed E-state index contributed by atoms with van der Waals surface area (Å²) in [6, 6.07) is 6.73. The first kappa shape index (κ1) is 23.5. The van der Waals surface area contributed by atoms with E-state index in [1.54, 1.807) is 0 Å². The second kappa shape index (κ2) is 10.3. The molecule has 0 fully saturated rings. The van der Waals surface area contributed by atoms with Crippen molar-refractivity contribution in [3.8, 4) is 0 Å². The Bertz CT molecular complexity index is 1080. The first-order valence-corrected chi connectivity index (χ1v) is 8.95. The summed E-state index contributed by atoms with van der Waals surface area (Å²) in [5.74, 6) is -2.52. The van der Waals surface area contributed by atoms with Crippen molar-refractivity contribution in [3.63, 3.8) is 0 Å². The summed E-state index contributed by atoms with van der Waals surface area (Å²) in [5.41, 5.74) is -0.768. The number of carbonyl (C=O) groups excluding carboxylic acids is 3. The van der Waals surface area contributed by atoms with Gasteiger partial charge in [0.25, 0.3) is 23.2 Å². The lowest BCUT2D eigenvalue weighted by molar-refractivity contribution is -0.385. The van der Waals surface area contributed by atoms with Gasteiger partial charge in [0.2, 0.25) is 0 Å². The molecular formula is C17H12Cl2N4O8. The summed E-state index contributed by atoms with van der Waals surface area (Å²) in [5, 5.41) is 25.8. The molecule has 0 aliphatic heterocycles. The highest BCUT2D eigenvalue weighted by Crippen LogP contribution is 2.26. The van der Waals surface area contributed by atoms with Crippen molar-refractivity contribution in [1.29, 1.82) is 0 Å². The standard InChI is InChI=1S/C17H12Cl2N4O8/c18-11-3-1-9(5-14(11)23(29)30)17(26)20-7-16(25)31-8-15(24)21-13-4-2-10(22(27)28)6-12(13)19/h1-6H,7-8H2,(H,20,26)(H,21,24). The number of nitro groups is 2. The van der Waals surface area contributed by atoms with Crippen LogP contribution in [0.25, 0.3) is 0 Å². The molecule has 0 unspecified atom stereocenters. The summed E-state index contributed by atoms with van der Waals surface area (Å²) >= 11 is 11.5. The molecule has 2 amide bonds. The van der Waals surface area contributed by atoms with Gasteiger partial charge in [-0.05, 0) is 18.2 Å². The summed E-state index contributed by atoms with van der Waals surface area (Å²) < 4.78 is 4.70. The number of amides is 2. The fraction of sp³-hybridized carbons (Fsp3) is 0.118. The number of benzene rings is 2. The molecule has 2 aromatic rings. The van der Waals surface area contributed by atoms with Crippen LogP contribution in [0.3, 0.4) is 0 Å². The van der Waals surface area contributed by atoms with E-state index in [0.717, 1.165) is 18.2 Å². The molecule has 14 heteroatoms. The average molecular weight is 471 g/mol. The highest BCUT2D eigenvalue weighted by Gasteiger charge is 2.17. The number of halogens is 2. The van der Waals surface area contributed by atoms with Gasteiger partial charge in [-0.25, -0.2) is 0 Å². The van der Waals surface area contributed by atoms with Gasteiger partial charge < -0.3 is 15.4 Å². The third-order valence-corrected chi connectivity index (χ3v) is 4.23. The van der Waals surface area contributed by atoms with Crippen molar-refractivity contribution >= 4 is 58.0 Å². The van der Waals surface area contributed by atoms with Crippen LogP contribution in [0.15, 0.2) is 36.4 Å². The zero-order valence-electron chi connectivity index (χ0n) is 15.3. The SMILES string of the molecule is O=C(COC(=O)CNC(=O)c1ccc(Cl)c([N+](=O)[O-])c1)Nc1ccc([N+](=O)[O-])cc1Cl. The molecule has 0 radical (unpaired) electrons. The van der Waals surface area contributed by atoms with E-state index >= 15 is 0 Å². The molecule has 0 bridgehead atoms. The maximum atomic E-state index is 12.0. The van der Waals surface area contributed by atoms with Crippen molar-refractivity contribution in [1.82, 2.24) is 5.32 Å². The zero-order chi connectivity index (χ0) is 23.1. The third kappa shape index (κ3) is 6.62. The van der Waals surface area contributed by atoms with E-state index in [-0.39, 0.29) is 27.0 Å². The van der Waals surface area contributed by atoms with Crippen LogP contribution in [0.2, 0.25) is 10.0 Å². The Kier molecular flexibility index (Phi) is 7.82. The van der Waals surface area contributed by atoms with E-state index in [9.17, 15) is 34.6 Å². The minimum Gasteiger partial charge on any atom is -0.454 e. The van der Waals surface area contributed by atoms with Gasteiger partial charge in [0.1, 0.15) is 11.6 Å². The molecule has 0 saturated carbocycles. The summed E-state index contributed by atoms with van der Waals surface area (Å²) in [4.78, 5) is 55.6. The van der Waals surface area contributed by atoms with Crippen molar-refractivity contribution in [2.75, 3.05) is 18.5 Å². The number of carbonyl (C=O) groups is 3. The van der Waals surface area contributed by atoms with Gasteiger partial charge in [-0.2, -0.15) is 0 Å². The normalized spacial score (nSPS) is 10.1. The molecule has 31 heavy (non-hydrogen) atoms. The largest absolute Gasteiger partial charge is 0.454 e. The van der Waals surface area contributed by atoms with Crippen molar-refractivity contribution in [2.24, 2.45) is 0 Å². The molecule has 0 aliphatic rings. The number of nitrogens with zero attached hydrogens (tertiary/aromatic N) is 2. The van der Waals surface area contributed by atoms with E-state index in [1.807, 2.05) is 0 Å². The predicted molar refractivity (Wildman–Crippen MR) is 108 cm³/mol. The summed E-state index contributed by atoms with van der Waals surface area (Å²) in [6.07, 6.45) is 0. The van der Waals surface area contributed by atoms with Crippen LogP contribution < -0.4 is 10.6 Å². The smallest absolute Gasteiger partial charge is 0.325 e. The van der Waals surface area contributed by atoms with Crippen LogP contribution in [0.1, 0.15) is 10.4 Å². The van der Waals surface area contributed by atoms with Crippen molar-refractivity contribution in [2.45, 2.75) is 0 Å².